The van der Waals surface area contributed by atoms with Gasteiger partial charge in [-0.1, -0.05) is 13.8 Å². The summed E-state index contributed by atoms with van der Waals surface area (Å²) in [5.41, 5.74) is -0.751. The number of nitro groups is 1. The van der Waals surface area contributed by atoms with E-state index in [1.807, 2.05) is 13.8 Å². The Hall–Kier alpha value is -2.84. The van der Waals surface area contributed by atoms with E-state index in [4.69, 9.17) is 14.2 Å². The minimum Gasteiger partial charge on any atom is -0.486 e. The van der Waals surface area contributed by atoms with Crippen LogP contribution in [-0.2, 0) is 9.53 Å². The van der Waals surface area contributed by atoms with Gasteiger partial charge in [0.25, 0.3) is 11.6 Å². The molecule has 9 heteroatoms. The Morgan fingerprint density at radius 3 is 2.52 bits per heavy atom. The maximum absolute atomic E-state index is 12.1. The molecule has 1 aromatic carbocycles. The van der Waals surface area contributed by atoms with Crippen molar-refractivity contribution in [2.24, 2.45) is 5.92 Å². The standard InChI is InChI=1S/C16H20N2O7/c1-10(2)3-4-17-15(19)9-25-16(20)11-7-13-14(24-6-5-23-13)8-12(11)18(21)22/h7-8,10H,3-6,9H2,1-2H3,(H,17,19). The Labute approximate surface area is 144 Å². The molecule has 0 unspecified atom stereocenters. The van der Waals surface area contributed by atoms with E-state index in [1.165, 1.54) is 6.07 Å². The Morgan fingerprint density at radius 2 is 1.92 bits per heavy atom. The van der Waals surface area contributed by atoms with Gasteiger partial charge in [0.05, 0.1) is 11.0 Å². The molecular formula is C16H20N2O7. The van der Waals surface area contributed by atoms with Gasteiger partial charge in [-0.05, 0) is 12.3 Å². The van der Waals surface area contributed by atoms with Crippen LogP contribution in [0.15, 0.2) is 12.1 Å². The Bertz CT molecular complexity index is 673. The smallest absolute Gasteiger partial charge is 0.345 e. The Kier molecular flexibility index (Phi) is 6.15. The van der Waals surface area contributed by atoms with Crippen molar-refractivity contribution in [3.8, 4) is 11.5 Å². The molecule has 9 nitrogen and oxygen atoms in total. The van der Waals surface area contributed by atoms with Gasteiger partial charge in [0, 0.05) is 12.6 Å². The van der Waals surface area contributed by atoms with Crippen LogP contribution in [0.2, 0.25) is 0 Å². The van der Waals surface area contributed by atoms with Crippen molar-refractivity contribution in [2.75, 3.05) is 26.4 Å². The summed E-state index contributed by atoms with van der Waals surface area (Å²) in [4.78, 5) is 34.3. The average Bonchev–Trinajstić information content (AvgIpc) is 2.58. The number of nitrogens with zero attached hydrogens (tertiary/aromatic N) is 1. The van der Waals surface area contributed by atoms with Gasteiger partial charge in [-0.2, -0.15) is 0 Å². The highest BCUT2D eigenvalue weighted by atomic mass is 16.6. The van der Waals surface area contributed by atoms with Crippen LogP contribution in [0.3, 0.4) is 0 Å². The van der Waals surface area contributed by atoms with Gasteiger partial charge in [0.1, 0.15) is 18.8 Å². The maximum atomic E-state index is 12.1. The molecule has 1 amide bonds. The summed E-state index contributed by atoms with van der Waals surface area (Å²) in [6.45, 7) is 4.54. The van der Waals surface area contributed by atoms with E-state index < -0.39 is 29.1 Å². The minimum absolute atomic E-state index is 0.195. The molecule has 0 aromatic heterocycles. The number of rotatable bonds is 7. The maximum Gasteiger partial charge on any atom is 0.345 e. The van der Waals surface area contributed by atoms with Crippen LogP contribution in [0.4, 0.5) is 5.69 Å². The number of hydrogen-bond donors (Lipinski definition) is 1. The molecule has 0 saturated heterocycles. The molecular weight excluding hydrogens is 332 g/mol. The van der Waals surface area contributed by atoms with E-state index in [-0.39, 0.29) is 30.3 Å². The molecule has 0 fully saturated rings. The zero-order valence-electron chi connectivity index (χ0n) is 14.1. The van der Waals surface area contributed by atoms with E-state index in [1.54, 1.807) is 0 Å². The molecule has 0 bridgehead atoms. The molecule has 1 aromatic rings. The molecule has 2 rings (SSSR count). The van der Waals surface area contributed by atoms with Crippen molar-refractivity contribution in [2.45, 2.75) is 20.3 Å². The molecule has 136 valence electrons. The fourth-order valence-electron chi connectivity index (χ4n) is 2.15. The third-order valence-electron chi connectivity index (χ3n) is 3.46. The number of nitro benzene ring substituents is 1. The number of esters is 1. The highest BCUT2D eigenvalue weighted by Gasteiger charge is 2.27. The molecule has 0 saturated carbocycles. The van der Waals surface area contributed by atoms with Crippen LogP contribution >= 0.6 is 0 Å². The number of carbonyl (C=O) groups excluding carboxylic acids is 2. The topological polar surface area (TPSA) is 117 Å². The fourth-order valence-corrected chi connectivity index (χ4v) is 2.15. The summed E-state index contributed by atoms with van der Waals surface area (Å²) in [7, 11) is 0. The second kappa shape index (κ2) is 8.32. The minimum atomic E-state index is -0.970. The van der Waals surface area contributed by atoms with Crippen LogP contribution in [0.1, 0.15) is 30.6 Å². The summed E-state index contributed by atoms with van der Waals surface area (Å²) >= 11 is 0. The first-order valence-electron chi connectivity index (χ1n) is 7.90. The van der Waals surface area contributed by atoms with Gasteiger partial charge in [0.2, 0.25) is 0 Å². The van der Waals surface area contributed by atoms with Gasteiger partial charge < -0.3 is 19.5 Å². The number of nitrogens with one attached hydrogen (secondary N) is 1. The SMILES string of the molecule is CC(C)CCNC(=O)COC(=O)c1cc2c(cc1[N+](=O)[O-])OCCO2. The van der Waals surface area contributed by atoms with Crippen molar-refractivity contribution >= 4 is 17.6 Å². The normalized spacial score (nSPS) is 12.6. The molecule has 0 radical (unpaired) electrons. The number of hydrogen-bond acceptors (Lipinski definition) is 7. The first-order valence-corrected chi connectivity index (χ1v) is 7.90. The highest BCUT2D eigenvalue weighted by Crippen LogP contribution is 2.36. The molecule has 0 spiro atoms. The van der Waals surface area contributed by atoms with E-state index in [0.29, 0.717) is 12.5 Å². The monoisotopic (exact) mass is 352 g/mol. The van der Waals surface area contributed by atoms with E-state index in [9.17, 15) is 19.7 Å². The van der Waals surface area contributed by atoms with Gasteiger partial charge in [-0.15, -0.1) is 0 Å². The number of amides is 1. The summed E-state index contributed by atoms with van der Waals surface area (Å²) in [5.74, 6) is -0.578. The largest absolute Gasteiger partial charge is 0.486 e. The van der Waals surface area contributed by atoms with Gasteiger partial charge in [-0.25, -0.2) is 4.79 Å². The van der Waals surface area contributed by atoms with Crippen LogP contribution < -0.4 is 14.8 Å². The zero-order chi connectivity index (χ0) is 18.4. The predicted octanol–water partition coefficient (Wildman–Crippen LogP) is 1.69. The highest BCUT2D eigenvalue weighted by molar-refractivity contribution is 5.96. The lowest BCUT2D eigenvalue weighted by Gasteiger charge is -2.18. The van der Waals surface area contributed by atoms with Crippen LogP contribution in [-0.4, -0.2) is 43.2 Å². The number of fused-ring (bicyclic) bond motifs is 1. The zero-order valence-corrected chi connectivity index (χ0v) is 14.1. The predicted molar refractivity (Wildman–Crippen MR) is 86.8 cm³/mol. The molecule has 0 aliphatic carbocycles. The van der Waals surface area contributed by atoms with Crippen molar-refractivity contribution in [1.82, 2.24) is 5.32 Å². The lowest BCUT2D eigenvalue weighted by Crippen LogP contribution is -2.30. The summed E-state index contributed by atoms with van der Waals surface area (Å²) in [6.07, 6.45) is 0.799. The lowest BCUT2D eigenvalue weighted by atomic mass is 10.1. The van der Waals surface area contributed by atoms with Gasteiger partial charge in [-0.3, -0.25) is 14.9 Å². The third kappa shape index (κ3) is 5.07. The first kappa shape index (κ1) is 18.5. The van der Waals surface area contributed by atoms with Crippen LogP contribution in [0.5, 0.6) is 11.5 Å². The molecule has 1 heterocycles. The number of benzene rings is 1. The molecule has 0 atom stereocenters. The summed E-state index contributed by atoms with van der Waals surface area (Å²) in [5, 5.41) is 13.8. The van der Waals surface area contributed by atoms with Crippen molar-refractivity contribution < 1.29 is 28.7 Å². The first-order chi connectivity index (χ1) is 11.9. The Balaban J connectivity index is 2.03. The van der Waals surface area contributed by atoms with Crippen molar-refractivity contribution in [3.63, 3.8) is 0 Å². The van der Waals surface area contributed by atoms with E-state index in [0.717, 1.165) is 12.5 Å². The fraction of sp³-hybridized carbons (Fsp3) is 0.500. The van der Waals surface area contributed by atoms with Gasteiger partial charge in [0.15, 0.2) is 18.1 Å². The second-order valence-corrected chi connectivity index (χ2v) is 5.88. The van der Waals surface area contributed by atoms with E-state index in [2.05, 4.69) is 5.32 Å². The van der Waals surface area contributed by atoms with E-state index >= 15 is 0 Å². The molecule has 25 heavy (non-hydrogen) atoms. The van der Waals surface area contributed by atoms with Crippen molar-refractivity contribution in [1.29, 1.82) is 0 Å². The number of ether oxygens (including phenoxy) is 3. The molecule has 1 aliphatic rings. The average molecular weight is 352 g/mol. The second-order valence-electron chi connectivity index (χ2n) is 5.88. The molecule has 1 N–H and O–H groups in total. The molecule has 1 aliphatic heterocycles. The Morgan fingerprint density at radius 1 is 1.28 bits per heavy atom. The van der Waals surface area contributed by atoms with Crippen LogP contribution in [0.25, 0.3) is 0 Å². The third-order valence-corrected chi connectivity index (χ3v) is 3.46. The quantitative estimate of drug-likeness (QED) is 0.451. The van der Waals surface area contributed by atoms with Gasteiger partial charge >= 0.3 is 5.97 Å². The summed E-state index contributed by atoms with van der Waals surface area (Å²) in [6, 6.07) is 2.32. The van der Waals surface area contributed by atoms with Crippen LogP contribution in [0, 0.1) is 16.0 Å². The lowest BCUT2D eigenvalue weighted by molar-refractivity contribution is -0.385. The van der Waals surface area contributed by atoms with Crippen molar-refractivity contribution in [3.05, 3.63) is 27.8 Å². The summed E-state index contributed by atoms with van der Waals surface area (Å²) < 4.78 is 15.5. The number of carbonyl (C=O) groups is 2.